The van der Waals surface area contributed by atoms with Gasteiger partial charge in [-0.3, -0.25) is 4.79 Å². The SMILES string of the molecule is N[C@H](C(=O)N1CCCC1)C1CCC(NS(=O)(=O)c2ccc(OC(F)(F)F)cc2)CC1. The number of halogens is 3. The Kier molecular flexibility index (Phi) is 6.93. The van der Waals surface area contributed by atoms with Crippen LogP contribution < -0.4 is 15.2 Å². The first-order valence-corrected chi connectivity index (χ1v) is 11.5. The van der Waals surface area contributed by atoms with Gasteiger partial charge in [-0.2, -0.15) is 0 Å². The Labute approximate surface area is 173 Å². The number of carbonyl (C=O) groups is 1. The molecule has 2 aliphatic rings. The third-order valence-corrected chi connectivity index (χ3v) is 7.21. The predicted molar refractivity (Wildman–Crippen MR) is 103 cm³/mol. The maximum absolute atomic E-state index is 12.5. The molecule has 0 unspecified atom stereocenters. The van der Waals surface area contributed by atoms with Gasteiger partial charge in [-0.1, -0.05) is 0 Å². The van der Waals surface area contributed by atoms with E-state index in [4.69, 9.17) is 5.73 Å². The largest absolute Gasteiger partial charge is 0.573 e. The van der Waals surface area contributed by atoms with Crippen LogP contribution in [0.25, 0.3) is 0 Å². The number of alkyl halides is 3. The molecule has 0 spiro atoms. The lowest BCUT2D eigenvalue weighted by molar-refractivity contribution is -0.274. The number of nitrogens with zero attached hydrogens (tertiary/aromatic N) is 1. The Morgan fingerprint density at radius 3 is 2.20 bits per heavy atom. The minimum Gasteiger partial charge on any atom is -0.406 e. The Morgan fingerprint density at radius 2 is 1.67 bits per heavy atom. The average molecular weight is 449 g/mol. The predicted octanol–water partition coefficient (Wildman–Crippen LogP) is 2.37. The Morgan fingerprint density at radius 1 is 1.10 bits per heavy atom. The maximum Gasteiger partial charge on any atom is 0.573 e. The van der Waals surface area contributed by atoms with Crippen molar-refractivity contribution in [3.8, 4) is 5.75 Å². The number of carbonyl (C=O) groups excluding carboxylic acids is 1. The smallest absolute Gasteiger partial charge is 0.406 e. The first-order valence-electron chi connectivity index (χ1n) is 9.98. The zero-order valence-corrected chi connectivity index (χ0v) is 17.2. The van der Waals surface area contributed by atoms with Crippen LogP contribution in [-0.2, 0) is 14.8 Å². The summed E-state index contributed by atoms with van der Waals surface area (Å²) in [5.74, 6) is -0.506. The van der Waals surface area contributed by atoms with Gasteiger partial charge < -0.3 is 15.4 Å². The lowest BCUT2D eigenvalue weighted by Crippen LogP contribution is -2.49. The van der Waals surface area contributed by atoms with Crippen LogP contribution in [0, 0.1) is 5.92 Å². The molecule has 1 aromatic carbocycles. The number of nitrogens with one attached hydrogen (secondary N) is 1. The van der Waals surface area contributed by atoms with Gasteiger partial charge in [-0.05, 0) is 68.7 Å². The summed E-state index contributed by atoms with van der Waals surface area (Å²) >= 11 is 0. The number of rotatable bonds is 6. The van der Waals surface area contributed by atoms with Crippen LogP contribution in [-0.4, -0.2) is 50.8 Å². The minimum absolute atomic E-state index is 0.0117. The van der Waals surface area contributed by atoms with Crippen molar-refractivity contribution in [3.05, 3.63) is 24.3 Å². The summed E-state index contributed by atoms with van der Waals surface area (Å²) in [6.45, 7) is 1.49. The standard InChI is InChI=1S/C19H26F3N3O4S/c20-19(21,22)29-15-7-9-16(10-8-15)30(27,28)24-14-5-3-13(4-6-14)17(23)18(26)25-11-1-2-12-25/h7-10,13-14,17,24H,1-6,11-12,23H2/t13?,14?,17-/m0/s1. The molecule has 1 aliphatic carbocycles. The van der Waals surface area contributed by atoms with Crippen LogP contribution in [0.3, 0.4) is 0 Å². The monoisotopic (exact) mass is 449 g/mol. The molecule has 0 bridgehead atoms. The maximum atomic E-state index is 12.5. The fourth-order valence-corrected chi connectivity index (χ4v) is 5.36. The fourth-order valence-electron chi connectivity index (χ4n) is 4.05. The molecular formula is C19H26F3N3O4S. The molecule has 0 radical (unpaired) electrons. The second kappa shape index (κ2) is 9.11. The van der Waals surface area contributed by atoms with E-state index in [0.717, 1.165) is 50.2 Å². The van der Waals surface area contributed by atoms with E-state index in [2.05, 4.69) is 9.46 Å². The van der Waals surface area contributed by atoms with Gasteiger partial charge in [0.25, 0.3) is 0 Å². The Bertz CT molecular complexity index is 832. The highest BCUT2D eigenvalue weighted by Gasteiger charge is 2.34. The van der Waals surface area contributed by atoms with Gasteiger partial charge in [0.15, 0.2) is 0 Å². The highest BCUT2D eigenvalue weighted by Crippen LogP contribution is 2.29. The molecular weight excluding hydrogens is 423 g/mol. The van der Waals surface area contributed by atoms with Crippen LogP contribution >= 0.6 is 0 Å². The van der Waals surface area contributed by atoms with Gasteiger partial charge in [0.2, 0.25) is 15.9 Å². The third-order valence-electron chi connectivity index (χ3n) is 5.67. The van der Waals surface area contributed by atoms with Gasteiger partial charge in [0.05, 0.1) is 10.9 Å². The van der Waals surface area contributed by atoms with Crippen molar-refractivity contribution in [1.29, 1.82) is 0 Å². The Hall–Kier alpha value is -1.85. The van der Waals surface area contributed by atoms with E-state index in [1.165, 1.54) is 0 Å². The highest BCUT2D eigenvalue weighted by atomic mass is 32.2. The van der Waals surface area contributed by atoms with Gasteiger partial charge in [0, 0.05) is 19.1 Å². The van der Waals surface area contributed by atoms with Crippen LogP contribution in [0.5, 0.6) is 5.75 Å². The van der Waals surface area contributed by atoms with Crippen LogP contribution in [0.2, 0.25) is 0 Å². The number of nitrogens with two attached hydrogens (primary N) is 1. The van der Waals surface area contributed by atoms with Crippen molar-refractivity contribution in [2.75, 3.05) is 13.1 Å². The molecule has 168 valence electrons. The second-order valence-corrected chi connectivity index (χ2v) is 9.52. The molecule has 3 N–H and O–H groups in total. The normalized spacial score (nSPS) is 23.9. The number of hydrogen-bond donors (Lipinski definition) is 2. The topological polar surface area (TPSA) is 102 Å². The first kappa shape index (κ1) is 22.8. The van der Waals surface area contributed by atoms with E-state index in [0.29, 0.717) is 25.7 Å². The van der Waals surface area contributed by atoms with Crippen LogP contribution in [0.1, 0.15) is 38.5 Å². The van der Waals surface area contributed by atoms with Gasteiger partial charge >= 0.3 is 6.36 Å². The Balaban J connectivity index is 1.52. The molecule has 3 rings (SSSR count). The lowest BCUT2D eigenvalue weighted by Gasteiger charge is -2.33. The van der Waals surface area contributed by atoms with E-state index >= 15 is 0 Å². The number of ether oxygens (including phenoxy) is 1. The van der Waals surface area contributed by atoms with Crippen LogP contribution in [0.15, 0.2) is 29.2 Å². The van der Waals surface area contributed by atoms with E-state index in [-0.39, 0.29) is 22.8 Å². The summed E-state index contributed by atoms with van der Waals surface area (Å²) in [6, 6.07) is 3.18. The van der Waals surface area contributed by atoms with Crippen molar-refractivity contribution in [2.45, 2.75) is 61.9 Å². The van der Waals surface area contributed by atoms with E-state index in [9.17, 15) is 26.4 Å². The summed E-state index contributed by atoms with van der Waals surface area (Å²) in [4.78, 5) is 14.1. The lowest BCUT2D eigenvalue weighted by atomic mass is 9.81. The summed E-state index contributed by atoms with van der Waals surface area (Å²) in [5.41, 5.74) is 6.17. The molecule has 0 aromatic heterocycles. The van der Waals surface area contributed by atoms with Gasteiger partial charge in [-0.25, -0.2) is 13.1 Å². The molecule has 1 atom stereocenters. The molecule has 1 amide bonds. The quantitative estimate of drug-likeness (QED) is 0.694. The second-order valence-electron chi connectivity index (χ2n) is 7.81. The zero-order chi connectivity index (χ0) is 21.9. The number of likely N-dealkylation sites (tertiary alicyclic amines) is 1. The number of benzene rings is 1. The van der Waals surface area contributed by atoms with Gasteiger partial charge in [-0.15, -0.1) is 13.2 Å². The van der Waals surface area contributed by atoms with E-state index < -0.39 is 28.2 Å². The molecule has 11 heteroatoms. The third kappa shape index (κ3) is 5.86. The number of hydrogen-bond acceptors (Lipinski definition) is 5. The first-order chi connectivity index (χ1) is 14.0. The average Bonchev–Trinajstić information content (AvgIpc) is 3.21. The molecule has 2 fully saturated rings. The van der Waals surface area contributed by atoms with Crippen molar-refractivity contribution >= 4 is 15.9 Å². The van der Waals surface area contributed by atoms with Crippen molar-refractivity contribution in [1.82, 2.24) is 9.62 Å². The highest BCUT2D eigenvalue weighted by molar-refractivity contribution is 7.89. The molecule has 1 heterocycles. The van der Waals surface area contributed by atoms with E-state index in [1.54, 1.807) is 4.90 Å². The molecule has 1 saturated heterocycles. The van der Waals surface area contributed by atoms with Crippen molar-refractivity contribution in [3.63, 3.8) is 0 Å². The molecule has 1 aromatic rings. The number of sulfonamides is 1. The minimum atomic E-state index is -4.84. The van der Waals surface area contributed by atoms with Gasteiger partial charge in [0.1, 0.15) is 5.75 Å². The molecule has 30 heavy (non-hydrogen) atoms. The van der Waals surface area contributed by atoms with Crippen molar-refractivity contribution < 1.29 is 31.1 Å². The van der Waals surface area contributed by atoms with Crippen LogP contribution in [0.4, 0.5) is 13.2 Å². The fraction of sp³-hybridized carbons (Fsp3) is 0.632. The molecule has 7 nitrogen and oxygen atoms in total. The summed E-state index contributed by atoms with van der Waals surface area (Å²) in [6.07, 6.45) is -0.500. The summed E-state index contributed by atoms with van der Waals surface area (Å²) < 4.78 is 68.1. The number of amides is 1. The molecule has 1 saturated carbocycles. The molecule has 1 aliphatic heterocycles. The zero-order valence-electron chi connectivity index (χ0n) is 16.4. The van der Waals surface area contributed by atoms with E-state index in [1.807, 2.05) is 0 Å². The summed E-state index contributed by atoms with van der Waals surface area (Å²) in [7, 11) is -3.88. The summed E-state index contributed by atoms with van der Waals surface area (Å²) in [5, 5.41) is 0. The van der Waals surface area contributed by atoms with Crippen molar-refractivity contribution in [2.24, 2.45) is 11.7 Å².